The van der Waals surface area contributed by atoms with Gasteiger partial charge in [0.2, 0.25) is 0 Å². The third-order valence-corrected chi connectivity index (χ3v) is 7.33. The van der Waals surface area contributed by atoms with E-state index in [9.17, 15) is 13.2 Å². The van der Waals surface area contributed by atoms with E-state index in [1.54, 1.807) is 24.8 Å². The quantitative estimate of drug-likeness (QED) is 0.738. The number of sulfone groups is 1. The summed E-state index contributed by atoms with van der Waals surface area (Å²) in [4.78, 5) is 13.7. The molecule has 7 heteroatoms. The first-order valence-corrected chi connectivity index (χ1v) is 10.4. The molecular formula is C14H18BrNO3S2. The predicted octanol–water partition coefficient (Wildman–Crippen LogP) is 2.97. The minimum atomic E-state index is -3.20. The standard InChI is InChI=1S/C14H18BrNO3S2/c1-3-21(18,19)14-9-20-7-6-16(14)13-8-11(15)4-5-12(13)10(2)17/h4-5,8,14H,3,6-7,9H2,1-2H3. The normalized spacial score (nSPS) is 19.6. The number of nitrogens with zero attached hydrogens (tertiary/aromatic N) is 1. The summed E-state index contributed by atoms with van der Waals surface area (Å²) in [6.45, 7) is 3.81. The molecule has 1 aromatic rings. The number of benzene rings is 1. The smallest absolute Gasteiger partial charge is 0.171 e. The molecule has 1 aliphatic rings. The first kappa shape index (κ1) is 16.8. The molecule has 1 atom stereocenters. The molecule has 0 aromatic heterocycles. The number of anilines is 1. The molecular weight excluding hydrogens is 374 g/mol. The third kappa shape index (κ3) is 3.63. The molecule has 0 spiro atoms. The van der Waals surface area contributed by atoms with E-state index in [2.05, 4.69) is 15.9 Å². The van der Waals surface area contributed by atoms with Gasteiger partial charge in [0.25, 0.3) is 0 Å². The van der Waals surface area contributed by atoms with E-state index in [-0.39, 0.29) is 11.5 Å². The van der Waals surface area contributed by atoms with Crippen LogP contribution < -0.4 is 4.90 Å². The van der Waals surface area contributed by atoms with Gasteiger partial charge < -0.3 is 4.90 Å². The first-order valence-electron chi connectivity index (χ1n) is 6.73. The molecule has 1 unspecified atom stereocenters. The van der Waals surface area contributed by atoms with Crippen molar-refractivity contribution in [3.63, 3.8) is 0 Å². The van der Waals surface area contributed by atoms with Crippen LogP contribution in [0.15, 0.2) is 22.7 Å². The summed E-state index contributed by atoms with van der Waals surface area (Å²) in [6, 6.07) is 5.40. The summed E-state index contributed by atoms with van der Waals surface area (Å²) >= 11 is 5.05. The van der Waals surface area contributed by atoms with Crippen LogP contribution in [0.3, 0.4) is 0 Å². The fourth-order valence-corrected chi connectivity index (χ4v) is 5.72. The van der Waals surface area contributed by atoms with Gasteiger partial charge in [0.05, 0.1) is 0 Å². The van der Waals surface area contributed by atoms with E-state index in [0.717, 1.165) is 10.2 Å². The van der Waals surface area contributed by atoms with Gasteiger partial charge in [-0.3, -0.25) is 4.79 Å². The minimum absolute atomic E-state index is 0.0524. The van der Waals surface area contributed by atoms with Gasteiger partial charge in [-0.1, -0.05) is 22.9 Å². The summed E-state index contributed by atoms with van der Waals surface area (Å²) in [6.07, 6.45) is 0. The van der Waals surface area contributed by atoms with Crippen LogP contribution in [-0.4, -0.2) is 43.4 Å². The third-order valence-electron chi connectivity index (χ3n) is 3.55. The number of hydrogen-bond acceptors (Lipinski definition) is 5. The van der Waals surface area contributed by atoms with E-state index in [1.807, 2.05) is 17.0 Å². The number of halogens is 1. The molecule has 1 aliphatic heterocycles. The number of carbonyl (C=O) groups excluding carboxylic acids is 1. The Labute approximate surface area is 138 Å². The second-order valence-corrected chi connectivity index (χ2v) is 9.40. The Morgan fingerprint density at radius 1 is 1.48 bits per heavy atom. The number of Topliss-reactive ketones (excluding diaryl/α,β-unsaturated/α-hetero) is 1. The highest BCUT2D eigenvalue weighted by Crippen LogP contribution is 2.32. The number of carbonyl (C=O) groups is 1. The van der Waals surface area contributed by atoms with Crippen LogP contribution in [0.1, 0.15) is 24.2 Å². The maximum absolute atomic E-state index is 12.4. The van der Waals surface area contributed by atoms with Crippen LogP contribution >= 0.6 is 27.7 Å². The lowest BCUT2D eigenvalue weighted by molar-refractivity contribution is 0.101. The Morgan fingerprint density at radius 2 is 2.19 bits per heavy atom. The molecule has 1 saturated heterocycles. The van der Waals surface area contributed by atoms with Gasteiger partial charge in [-0.05, 0) is 25.1 Å². The molecule has 0 amide bonds. The predicted molar refractivity (Wildman–Crippen MR) is 92.1 cm³/mol. The second kappa shape index (κ2) is 6.71. The maximum Gasteiger partial charge on any atom is 0.171 e. The molecule has 1 heterocycles. The molecule has 0 bridgehead atoms. The molecule has 4 nitrogen and oxygen atoms in total. The van der Waals surface area contributed by atoms with E-state index >= 15 is 0 Å². The molecule has 0 aliphatic carbocycles. The molecule has 0 radical (unpaired) electrons. The molecule has 0 saturated carbocycles. The van der Waals surface area contributed by atoms with Gasteiger partial charge in [-0.25, -0.2) is 8.42 Å². The van der Waals surface area contributed by atoms with Crippen LogP contribution in [0.5, 0.6) is 0 Å². The van der Waals surface area contributed by atoms with Crippen molar-refractivity contribution in [2.45, 2.75) is 19.2 Å². The molecule has 1 fully saturated rings. The highest BCUT2D eigenvalue weighted by atomic mass is 79.9. The van der Waals surface area contributed by atoms with Crippen LogP contribution in [0, 0.1) is 0 Å². The van der Waals surface area contributed by atoms with Crippen LogP contribution in [0.2, 0.25) is 0 Å². The van der Waals surface area contributed by atoms with E-state index < -0.39 is 15.2 Å². The van der Waals surface area contributed by atoms with E-state index in [1.165, 1.54) is 6.92 Å². The fourth-order valence-electron chi connectivity index (χ4n) is 2.39. The van der Waals surface area contributed by atoms with Crippen molar-refractivity contribution in [3.05, 3.63) is 28.2 Å². The number of rotatable bonds is 4. The van der Waals surface area contributed by atoms with Crippen molar-refractivity contribution in [3.8, 4) is 0 Å². The van der Waals surface area contributed by atoms with Crippen LogP contribution in [0.25, 0.3) is 0 Å². The topological polar surface area (TPSA) is 54.5 Å². The van der Waals surface area contributed by atoms with Gasteiger partial charge in [-0.2, -0.15) is 11.8 Å². The zero-order chi connectivity index (χ0) is 15.6. The average molecular weight is 392 g/mol. The number of ketones is 1. The zero-order valence-corrected chi connectivity index (χ0v) is 15.2. The number of thioether (sulfide) groups is 1. The van der Waals surface area contributed by atoms with Gasteiger partial charge in [0.1, 0.15) is 5.37 Å². The van der Waals surface area contributed by atoms with Crippen molar-refractivity contribution < 1.29 is 13.2 Å². The molecule has 2 rings (SSSR count). The Hall–Kier alpha value is -0.530. The van der Waals surface area contributed by atoms with Gasteiger partial charge in [-0.15, -0.1) is 0 Å². The van der Waals surface area contributed by atoms with E-state index in [4.69, 9.17) is 0 Å². The lowest BCUT2D eigenvalue weighted by Crippen LogP contribution is -2.48. The largest absolute Gasteiger partial charge is 0.353 e. The Morgan fingerprint density at radius 3 is 2.81 bits per heavy atom. The van der Waals surface area contributed by atoms with Crippen molar-refractivity contribution in [1.29, 1.82) is 0 Å². The van der Waals surface area contributed by atoms with Gasteiger partial charge in [0, 0.05) is 39.5 Å². The summed E-state index contributed by atoms with van der Waals surface area (Å²) in [5.74, 6) is 1.46. The lowest BCUT2D eigenvalue weighted by atomic mass is 10.1. The minimum Gasteiger partial charge on any atom is -0.353 e. The monoisotopic (exact) mass is 391 g/mol. The maximum atomic E-state index is 12.4. The second-order valence-electron chi connectivity index (χ2n) is 4.89. The lowest BCUT2D eigenvalue weighted by Gasteiger charge is -2.37. The Bertz CT molecular complexity index is 646. The SMILES string of the molecule is CCS(=O)(=O)C1CSCCN1c1cc(Br)ccc1C(C)=O. The Kier molecular flexibility index (Phi) is 5.38. The molecule has 116 valence electrons. The van der Waals surface area contributed by atoms with Crippen molar-refractivity contribution in [2.75, 3.05) is 28.7 Å². The van der Waals surface area contributed by atoms with Gasteiger partial charge >= 0.3 is 0 Å². The van der Waals surface area contributed by atoms with Crippen LogP contribution in [-0.2, 0) is 9.84 Å². The number of hydrogen-bond donors (Lipinski definition) is 0. The van der Waals surface area contributed by atoms with Crippen molar-refractivity contribution >= 4 is 49.0 Å². The van der Waals surface area contributed by atoms with Gasteiger partial charge in [0.15, 0.2) is 15.6 Å². The Balaban J connectivity index is 2.52. The fraction of sp³-hybridized carbons (Fsp3) is 0.500. The molecule has 21 heavy (non-hydrogen) atoms. The average Bonchev–Trinajstić information content (AvgIpc) is 2.46. The summed E-state index contributed by atoms with van der Waals surface area (Å²) in [7, 11) is -3.20. The summed E-state index contributed by atoms with van der Waals surface area (Å²) < 4.78 is 25.5. The van der Waals surface area contributed by atoms with Crippen molar-refractivity contribution in [2.24, 2.45) is 0 Å². The zero-order valence-electron chi connectivity index (χ0n) is 12.0. The molecule has 1 aromatic carbocycles. The van der Waals surface area contributed by atoms with E-state index in [0.29, 0.717) is 23.5 Å². The summed E-state index contributed by atoms with van der Waals surface area (Å²) in [5.41, 5.74) is 1.28. The highest BCUT2D eigenvalue weighted by molar-refractivity contribution is 9.10. The molecule has 0 N–H and O–H groups in total. The first-order chi connectivity index (χ1) is 9.86. The summed E-state index contributed by atoms with van der Waals surface area (Å²) in [5, 5.41) is -0.561. The van der Waals surface area contributed by atoms with Crippen LogP contribution in [0.4, 0.5) is 5.69 Å². The van der Waals surface area contributed by atoms with Crippen molar-refractivity contribution in [1.82, 2.24) is 0 Å². The highest BCUT2D eigenvalue weighted by Gasteiger charge is 2.34.